The maximum Gasteiger partial charge on any atom is 0.201 e. The fourth-order valence-corrected chi connectivity index (χ4v) is 6.93. The summed E-state index contributed by atoms with van der Waals surface area (Å²) in [7, 11) is 7.45. The third-order valence-electron chi connectivity index (χ3n) is 9.46. The highest BCUT2D eigenvalue weighted by molar-refractivity contribution is 5.85. The summed E-state index contributed by atoms with van der Waals surface area (Å²) in [6.07, 6.45) is 3.11. The van der Waals surface area contributed by atoms with E-state index < -0.39 is 0 Å². The molecule has 0 fully saturated rings. The van der Waals surface area contributed by atoms with Gasteiger partial charge in [0.25, 0.3) is 0 Å². The lowest BCUT2D eigenvalue weighted by molar-refractivity contribution is 0.222. The maximum atomic E-state index is 11.4. The standard InChI is InChI=1S/C36H38N2O6.ClH/c1-37-13-11-23-18-31(41-3)32-20-26(23)27(37)15-21-5-8-25(9-6-21)43-36-34-24(19-33(42-4)35(36)40)12-14-38(2)28(34)16-22-7-10-29(39)30(17-22)44-32;/h5-10,17-20,27-28,39-40H,11-16H2,1-4H3;1H/t27-,28+;/m0./s1. The highest BCUT2D eigenvalue weighted by Crippen LogP contribution is 2.50. The Morgan fingerprint density at radius 3 is 2.09 bits per heavy atom. The number of halogens is 1. The van der Waals surface area contributed by atoms with Gasteiger partial charge in [-0.1, -0.05) is 18.2 Å². The van der Waals surface area contributed by atoms with Crippen molar-refractivity contribution in [3.8, 4) is 46.0 Å². The van der Waals surface area contributed by atoms with E-state index in [-0.39, 0.29) is 36.0 Å². The van der Waals surface area contributed by atoms with Crippen molar-refractivity contribution in [1.82, 2.24) is 9.80 Å². The Morgan fingerprint density at radius 1 is 0.711 bits per heavy atom. The van der Waals surface area contributed by atoms with Gasteiger partial charge in [-0.05, 0) is 110 Å². The molecule has 45 heavy (non-hydrogen) atoms. The molecule has 6 bridgehead atoms. The number of phenolic OH excluding ortho intramolecular Hbond substituents is 2. The van der Waals surface area contributed by atoms with Gasteiger partial charge < -0.3 is 29.2 Å². The van der Waals surface area contributed by atoms with Gasteiger partial charge in [0.2, 0.25) is 5.75 Å². The van der Waals surface area contributed by atoms with Crippen LogP contribution >= 0.6 is 12.4 Å². The second-order valence-electron chi connectivity index (χ2n) is 12.1. The van der Waals surface area contributed by atoms with Crippen molar-refractivity contribution in [2.45, 2.75) is 37.8 Å². The van der Waals surface area contributed by atoms with E-state index in [1.165, 1.54) is 16.7 Å². The van der Waals surface area contributed by atoms with Crippen molar-refractivity contribution in [3.63, 3.8) is 0 Å². The Hall–Kier alpha value is -4.11. The Kier molecular flexibility index (Phi) is 8.48. The topological polar surface area (TPSA) is 83.9 Å². The van der Waals surface area contributed by atoms with E-state index in [2.05, 4.69) is 48.2 Å². The summed E-state index contributed by atoms with van der Waals surface area (Å²) in [5, 5.41) is 22.3. The predicted octanol–water partition coefficient (Wildman–Crippen LogP) is 6.98. The molecular formula is C36H39ClN2O6. The van der Waals surface area contributed by atoms with Crippen LogP contribution in [0.25, 0.3) is 0 Å². The quantitative estimate of drug-likeness (QED) is 0.246. The van der Waals surface area contributed by atoms with Crippen molar-refractivity contribution in [2.24, 2.45) is 0 Å². The maximum absolute atomic E-state index is 11.4. The Labute approximate surface area is 270 Å². The van der Waals surface area contributed by atoms with Crippen molar-refractivity contribution in [1.29, 1.82) is 0 Å². The minimum Gasteiger partial charge on any atom is -0.504 e. The lowest BCUT2D eigenvalue weighted by Crippen LogP contribution is -2.34. The van der Waals surface area contributed by atoms with Gasteiger partial charge in [0.15, 0.2) is 34.5 Å². The van der Waals surface area contributed by atoms with Crippen molar-refractivity contribution in [2.75, 3.05) is 41.4 Å². The molecule has 4 aliphatic rings. The number of likely N-dealkylation sites (N-methyl/N-ethyl adjacent to an activating group) is 2. The van der Waals surface area contributed by atoms with Gasteiger partial charge in [-0.3, -0.25) is 9.80 Å². The number of rotatable bonds is 2. The van der Waals surface area contributed by atoms with E-state index in [1.54, 1.807) is 20.3 Å². The number of phenols is 2. The zero-order chi connectivity index (χ0) is 30.5. The molecule has 0 radical (unpaired) electrons. The number of aromatic hydroxyl groups is 2. The monoisotopic (exact) mass is 630 g/mol. The minimum atomic E-state index is -0.101. The van der Waals surface area contributed by atoms with E-state index in [0.29, 0.717) is 40.9 Å². The molecule has 0 aromatic heterocycles. The van der Waals surface area contributed by atoms with E-state index in [1.807, 2.05) is 30.3 Å². The fourth-order valence-electron chi connectivity index (χ4n) is 6.93. The number of benzene rings is 4. The molecule has 2 N–H and O–H groups in total. The number of hydrogen-bond acceptors (Lipinski definition) is 8. The lowest BCUT2D eigenvalue weighted by atomic mass is 9.87. The molecule has 236 valence electrons. The molecule has 4 heterocycles. The summed E-state index contributed by atoms with van der Waals surface area (Å²) in [4.78, 5) is 4.65. The van der Waals surface area contributed by atoms with Crippen LogP contribution in [0.5, 0.6) is 46.0 Å². The van der Waals surface area contributed by atoms with Gasteiger partial charge in [-0.15, -0.1) is 12.4 Å². The molecule has 4 aliphatic heterocycles. The molecule has 0 saturated heterocycles. The van der Waals surface area contributed by atoms with E-state index in [9.17, 15) is 10.2 Å². The molecule has 9 heteroatoms. The van der Waals surface area contributed by atoms with Gasteiger partial charge in [-0.25, -0.2) is 0 Å². The van der Waals surface area contributed by atoms with Crippen molar-refractivity contribution < 1.29 is 29.2 Å². The van der Waals surface area contributed by atoms with Crippen LogP contribution in [0.2, 0.25) is 0 Å². The molecule has 8 rings (SSSR count). The summed E-state index contributed by atoms with van der Waals surface area (Å²) in [5.74, 6) is 3.08. The molecule has 0 aliphatic carbocycles. The number of fused-ring (bicyclic) bond motifs is 2. The second kappa shape index (κ2) is 12.4. The van der Waals surface area contributed by atoms with Gasteiger partial charge in [-0.2, -0.15) is 0 Å². The molecule has 0 spiro atoms. The van der Waals surface area contributed by atoms with Crippen LogP contribution < -0.4 is 18.9 Å². The average Bonchev–Trinajstić information content (AvgIpc) is 3.03. The second-order valence-corrected chi connectivity index (χ2v) is 12.1. The first-order valence-electron chi connectivity index (χ1n) is 15.1. The van der Waals surface area contributed by atoms with E-state index in [4.69, 9.17) is 18.9 Å². The SMILES string of the molecule is COc1cc2c3cc1Oc1cc(ccc1O)C[C@@H]1c4c(cc(OC)c(O)c4Oc4ccc(cc4)C[C@@H]3N(C)CC2)CCN1C.Cl. The molecular weight excluding hydrogens is 592 g/mol. The summed E-state index contributed by atoms with van der Waals surface area (Å²) in [6.45, 7) is 1.77. The molecule has 4 aromatic rings. The van der Waals surface area contributed by atoms with Crippen LogP contribution in [-0.4, -0.2) is 61.4 Å². The first-order valence-corrected chi connectivity index (χ1v) is 15.1. The van der Waals surface area contributed by atoms with Gasteiger partial charge in [0.1, 0.15) is 5.75 Å². The number of nitrogens with zero attached hydrogens (tertiary/aromatic N) is 2. The van der Waals surface area contributed by atoms with E-state index in [0.717, 1.165) is 49.0 Å². The third-order valence-corrected chi connectivity index (χ3v) is 9.46. The first kappa shape index (κ1) is 30.9. The molecule has 2 atom stereocenters. The minimum absolute atomic E-state index is 0. The summed E-state index contributed by atoms with van der Waals surface area (Å²) < 4.78 is 24.3. The van der Waals surface area contributed by atoms with Crippen LogP contribution in [-0.2, 0) is 25.7 Å². The molecule has 4 aromatic carbocycles. The summed E-state index contributed by atoms with van der Waals surface area (Å²) in [6, 6.07) is 19.7. The number of hydrogen-bond donors (Lipinski definition) is 2. The van der Waals surface area contributed by atoms with Gasteiger partial charge in [0.05, 0.1) is 14.2 Å². The Balaban J connectivity index is 0.00000357. The highest BCUT2D eigenvalue weighted by Gasteiger charge is 2.33. The smallest absolute Gasteiger partial charge is 0.201 e. The molecule has 0 saturated carbocycles. The zero-order valence-electron chi connectivity index (χ0n) is 26.0. The van der Waals surface area contributed by atoms with Gasteiger partial charge in [0, 0.05) is 30.7 Å². The van der Waals surface area contributed by atoms with Crippen molar-refractivity contribution >= 4 is 12.4 Å². The normalized spacial score (nSPS) is 19.2. The summed E-state index contributed by atoms with van der Waals surface area (Å²) in [5.41, 5.74) is 6.58. The Morgan fingerprint density at radius 2 is 1.36 bits per heavy atom. The van der Waals surface area contributed by atoms with Crippen molar-refractivity contribution in [3.05, 3.63) is 94.0 Å². The number of methoxy groups -OCH3 is 2. The van der Waals surface area contributed by atoms with Crippen LogP contribution in [0.3, 0.4) is 0 Å². The highest BCUT2D eigenvalue weighted by atomic mass is 35.5. The fraction of sp³-hybridized carbons (Fsp3) is 0.333. The largest absolute Gasteiger partial charge is 0.504 e. The average molecular weight is 631 g/mol. The Bertz CT molecular complexity index is 1730. The zero-order valence-corrected chi connectivity index (χ0v) is 26.8. The molecule has 0 unspecified atom stereocenters. The van der Waals surface area contributed by atoms with Crippen LogP contribution in [0, 0.1) is 0 Å². The van der Waals surface area contributed by atoms with Gasteiger partial charge >= 0.3 is 0 Å². The first-order chi connectivity index (χ1) is 21.3. The lowest BCUT2D eigenvalue weighted by Gasteiger charge is -2.36. The van der Waals surface area contributed by atoms with Crippen LogP contribution in [0.4, 0.5) is 0 Å². The van der Waals surface area contributed by atoms with E-state index >= 15 is 0 Å². The third kappa shape index (κ3) is 5.63. The number of ether oxygens (including phenoxy) is 4. The predicted molar refractivity (Wildman–Crippen MR) is 175 cm³/mol. The van der Waals surface area contributed by atoms with Crippen LogP contribution in [0.1, 0.15) is 45.5 Å². The summed E-state index contributed by atoms with van der Waals surface area (Å²) >= 11 is 0. The molecule has 8 nitrogen and oxygen atoms in total. The van der Waals surface area contributed by atoms with Crippen LogP contribution in [0.15, 0.2) is 60.7 Å². The molecule has 0 amide bonds.